The van der Waals surface area contributed by atoms with Crippen molar-refractivity contribution in [2.75, 3.05) is 5.32 Å². The number of carbonyl (C=O) groups is 1. The van der Waals surface area contributed by atoms with Crippen LogP contribution in [0.15, 0.2) is 52.5 Å². The molecule has 8 nitrogen and oxygen atoms in total. The zero-order valence-electron chi connectivity index (χ0n) is 12.3. The molecule has 122 valence electrons. The van der Waals surface area contributed by atoms with Crippen LogP contribution in [0.2, 0.25) is 0 Å². The minimum atomic E-state index is -0.523. The van der Waals surface area contributed by atoms with Gasteiger partial charge in [-0.15, -0.1) is 11.3 Å². The molecule has 0 aliphatic heterocycles. The topological polar surface area (TPSA) is 110 Å². The van der Waals surface area contributed by atoms with Gasteiger partial charge in [-0.25, -0.2) is 9.78 Å². The van der Waals surface area contributed by atoms with E-state index in [1.54, 1.807) is 6.07 Å². The van der Waals surface area contributed by atoms with Gasteiger partial charge < -0.3 is 15.1 Å². The van der Waals surface area contributed by atoms with Gasteiger partial charge in [0.05, 0.1) is 22.0 Å². The number of urea groups is 1. The highest BCUT2D eigenvalue weighted by Gasteiger charge is 2.10. The Morgan fingerprint density at radius 3 is 2.96 bits per heavy atom. The summed E-state index contributed by atoms with van der Waals surface area (Å²) in [6.07, 6.45) is 1.47. The highest BCUT2D eigenvalue weighted by atomic mass is 32.1. The van der Waals surface area contributed by atoms with Gasteiger partial charge in [0.15, 0.2) is 0 Å². The molecule has 3 rings (SSSR count). The molecular weight excluding hydrogens is 332 g/mol. The number of nitro benzene ring substituents is 1. The molecule has 1 aromatic carbocycles. The average Bonchev–Trinajstić information content (AvgIpc) is 3.24. The molecule has 0 unspecified atom stereocenters. The Hall–Kier alpha value is -3.20. The summed E-state index contributed by atoms with van der Waals surface area (Å²) in [5, 5.41) is 17.8. The summed E-state index contributed by atoms with van der Waals surface area (Å²) < 4.78 is 5.35. The lowest BCUT2D eigenvalue weighted by Crippen LogP contribution is -2.28. The zero-order valence-corrected chi connectivity index (χ0v) is 13.1. The number of nitro groups is 1. The third-order valence-corrected chi connectivity index (χ3v) is 3.89. The van der Waals surface area contributed by atoms with Gasteiger partial charge >= 0.3 is 6.03 Å². The molecule has 2 aromatic heterocycles. The predicted molar refractivity (Wildman–Crippen MR) is 88.8 cm³/mol. The van der Waals surface area contributed by atoms with Crippen molar-refractivity contribution in [2.45, 2.75) is 6.54 Å². The predicted octanol–water partition coefficient (Wildman–Crippen LogP) is 3.63. The number of amides is 2. The largest absolute Gasteiger partial charge is 0.443 e. The number of aromatic nitrogens is 1. The number of non-ortho nitro benzene ring substituents is 1. The molecule has 0 saturated heterocycles. The molecule has 0 spiro atoms. The fourth-order valence-corrected chi connectivity index (χ4v) is 2.60. The summed E-state index contributed by atoms with van der Waals surface area (Å²) in [6.45, 7) is 0.176. The number of hydrogen-bond acceptors (Lipinski definition) is 6. The highest BCUT2D eigenvalue weighted by molar-refractivity contribution is 7.13. The first-order valence-corrected chi connectivity index (χ1v) is 7.77. The summed E-state index contributed by atoms with van der Waals surface area (Å²) in [6, 6.07) is 9.00. The Bertz CT molecular complexity index is 860. The van der Waals surface area contributed by atoms with Gasteiger partial charge in [-0.2, -0.15) is 0 Å². The normalized spacial score (nSPS) is 10.3. The summed E-state index contributed by atoms with van der Waals surface area (Å²) in [5.74, 6) is 0.501. The van der Waals surface area contributed by atoms with Crippen molar-refractivity contribution in [3.63, 3.8) is 0 Å². The van der Waals surface area contributed by atoms with Crippen LogP contribution in [0.5, 0.6) is 0 Å². The van der Waals surface area contributed by atoms with Crippen LogP contribution in [-0.2, 0) is 6.54 Å². The molecule has 2 heterocycles. The zero-order chi connectivity index (χ0) is 16.9. The number of hydrogen-bond donors (Lipinski definition) is 2. The van der Waals surface area contributed by atoms with Crippen molar-refractivity contribution in [3.05, 3.63) is 63.8 Å². The van der Waals surface area contributed by atoms with Gasteiger partial charge in [-0.1, -0.05) is 12.1 Å². The lowest BCUT2D eigenvalue weighted by atomic mass is 10.3. The van der Waals surface area contributed by atoms with Crippen LogP contribution in [0.25, 0.3) is 10.8 Å². The Morgan fingerprint density at radius 2 is 2.21 bits per heavy atom. The number of nitrogens with zero attached hydrogens (tertiary/aromatic N) is 2. The SMILES string of the molecule is O=C(NCc1coc(-c2cccs2)n1)Nc1cccc([N+](=O)[O-])c1. The van der Waals surface area contributed by atoms with Gasteiger partial charge in [-0.3, -0.25) is 10.1 Å². The van der Waals surface area contributed by atoms with E-state index in [1.165, 1.54) is 35.8 Å². The number of carbonyl (C=O) groups excluding carboxylic acids is 1. The van der Waals surface area contributed by atoms with E-state index in [0.29, 0.717) is 17.3 Å². The molecule has 0 saturated carbocycles. The summed E-state index contributed by atoms with van der Waals surface area (Å²) in [5.41, 5.74) is 0.818. The molecule has 9 heteroatoms. The van der Waals surface area contributed by atoms with Crippen molar-refractivity contribution in [1.82, 2.24) is 10.3 Å². The van der Waals surface area contributed by atoms with Crippen molar-refractivity contribution in [2.24, 2.45) is 0 Å². The smallest absolute Gasteiger partial charge is 0.319 e. The number of oxazole rings is 1. The third kappa shape index (κ3) is 3.76. The van der Waals surface area contributed by atoms with Crippen molar-refractivity contribution < 1.29 is 14.1 Å². The molecule has 2 amide bonds. The summed E-state index contributed by atoms with van der Waals surface area (Å²) in [7, 11) is 0. The maximum Gasteiger partial charge on any atom is 0.319 e. The van der Waals surface area contributed by atoms with Crippen LogP contribution in [0.4, 0.5) is 16.2 Å². The second-order valence-corrected chi connectivity index (χ2v) is 5.68. The molecule has 0 aliphatic carbocycles. The standard InChI is InChI=1S/C15H12N4O4S/c20-15(18-10-3-1-4-12(7-10)19(21)22)16-8-11-9-23-14(17-11)13-5-2-6-24-13/h1-7,9H,8H2,(H2,16,18,20). The van der Waals surface area contributed by atoms with E-state index in [0.717, 1.165) is 4.88 Å². The van der Waals surface area contributed by atoms with Gasteiger partial charge in [0.1, 0.15) is 6.26 Å². The Balaban J connectivity index is 1.56. The van der Waals surface area contributed by atoms with Crippen LogP contribution in [-0.4, -0.2) is 15.9 Å². The van der Waals surface area contributed by atoms with Crippen LogP contribution >= 0.6 is 11.3 Å². The van der Waals surface area contributed by atoms with Crippen LogP contribution < -0.4 is 10.6 Å². The number of nitrogens with one attached hydrogen (secondary N) is 2. The van der Waals surface area contributed by atoms with E-state index < -0.39 is 11.0 Å². The lowest BCUT2D eigenvalue weighted by molar-refractivity contribution is -0.384. The van der Waals surface area contributed by atoms with Crippen molar-refractivity contribution in [3.8, 4) is 10.8 Å². The second-order valence-electron chi connectivity index (χ2n) is 4.74. The molecule has 0 atom stereocenters. The quantitative estimate of drug-likeness (QED) is 0.542. The van der Waals surface area contributed by atoms with Gasteiger partial charge in [0, 0.05) is 17.8 Å². The lowest BCUT2D eigenvalue weighted by Gasteiger charge is -2.05. The third-order valence-electron chi connectivity index (χ3n) is 3.03. The first-order chi connectivity index (χ1) is 11.6. The Morgan fingerprint density at radius 1 is 1.33 bits per heavy atom. The number of rotatable bonds is 5. The molecule has 0 bridgehead atoms. The number of anilines is 1. The van der Waals surface area contributed by atoms with Crippen LogP contribution in [0.1, 0.15) is 5.69 Å². The first-order valence-electron chi connectivity index (χ1n) is 6.89. The molecule has 3 aromatic rings. The molecule has 0 aliphatic rings. The maximum absolute atomic E-state index is 11.9. The minimum absolute atomic E-state index is 0.0927. The van der Waals surface area contributed by atoms with E-state index in [4.69, 9.17) is 4.42 Å². The molecule has 2 N–H and O–H groups in total. The van der Waals surface area contributed by atoms with Crippen LogP contribution in [0.3, 0.4) is 0 Å². The fraction of sp³-hybridized carbons (Fsp3) is 0.0667. The van der Waals surface area contributed by atoms with Gasteiger partial charge in [0.25, 0.3) is 5.69 Å². The first kappa shape index (κ1) is 15.7. The van der Waals surface area contributed by atoms with E-state index in [-0.39, 0.29) is 12.2 Å². The van der Waals surface area contributed by atoms with E-state index in [9.17, 15) is 14.9 Å². The van der Waals surface area contributed by atoms with Gasteiger partial charge in [0.2, 0.25) is 5.89 Å². The fourth-order valence-electron chi connectivity index (χ4n) is 1.94. The molecular formula is C15H12N4O4S. The molecule has 24 heavy (non-hydrogen) atoms. The van der Waals surface area contributed by atoms with Gasteiger partial charge in [-0.05, 0) is 17.5 Å². The Kier molecular flexibility index (Phi) is 4.52. The summed E-state index contributed by atoms with van der Waals surface area (Å²) in [4.78, 5) is 27.2. The van der Waals surface area contributed by atoms with Crippen LogP contribution in [0, 0.1) is 10.1 Å². The van der Waals surface area contributed by atoms with E-state index >= 15 is 0 Å². The minimum Gasteiger partial charge on any atom is -0.443 e. The van der Waals surface area contributed by atoms with E-state index in [1.807, 2.05) is 17.5 Å². The summed E-state index contributed by atoms with van der Waals surface area (Å²) >= 11 is 1.51. The Labute approximate surface area is 140 Å². The second kappa shape index (κ2) is 6.92. The average molecular weight is 344 g/mol. The molecule has 0 radical (unpaired) electrons. The number of thiophene rings is 1. The number of benzene rings is 1. The highest BCUT2D eigenvalue weighted by Crippen LogP contribution is 2.23. The monoisotopic (exact) mass is 344 g/mol. The maximum atomic E-state index is 11.9. The van der Waals surface area contributed by atoms with Crippen molar-refractivity contribution in [1.29, 1.82) is 0 Å². The van der Waals surface area contributed by atoms with Crippen molar-refractivity contribution >= 4 is 28.7 Å². The van der Waals surface area contributed by atoms with E-state index in [2.05, 4.69) is 15.6 Å². The molecule has 0 fully saturated rings.